The molecule has 3 heterocycles. The first-order valence-corrected chi connectivity index (χ1v) is 14.3. The summed E-state index contributed by atoms with van der Waals surface area (Å²) in [6.45, 7) is 8.48. The normalized spacial score (nSPS) is 12.0. The minimum atomic E-state index is -1.07. The van der Waals surface area contributed by atoms with Gasteiger partial charge in [-0.25, -0.2) is 4.98 Å². The molecule has 0 saturated heterocycles. The Hall–Kier alpha value is -2.48. The molecule has 4 rings (SSSR count). The molecule has 0 spiro atoms. The van der Waals surface area contributed by atoms with E-state index in [0.717, 1.165) is 45.0 Å². The van der Waals surface area contributed by atoms with E-state index in [1.807, 2.05) is 17.6 Å². The standard InChI is InChI=1S/C22H26N4OSSi/c1-29(2,3)10-9-27-15-26-8-7-18-17(5-4-6-21(18)26)19-12-24-13-20(25-19)22-11-16(23)14-28-22/h4-8,11-14H,9-10,15,23H2,1-3H3. The monoisotopic (exact) mass is 422 g/mol. The lowest BCUT2D eigenvalue weighted by molar-refractivity contribution is 0.0902. The smallest absolute Gasteiger partial charge is 0.122 e. The minimum absolute atomic E-state index is 0.567. The third-order valence-corrected chi connectivity index (χ3v) is 7.50. The van der Waals surface area contributed by atoms with Crippen LogP contribution in [0.4, 0.5) is 5.69 Å². The van der Waals surface area contributed by atoms with E-state index in [9.17, 15) is 0 Å². The predicted octanol–water partition coefficient (Wildman–Crippen LogP) is 5.72. The van der Waals surface area contributed by atoms with Gasteiger partial charge < -0.3 is 15.0 Å². The zero-order chi connectivity index (χ0) is 20.4. The second-order valence-electron chi connectivity index (χ2n) is 8.41. The number of nitrogens with zero attached hydrogens (tertiary/aromatic N) is 3. The Labute approximate surface area is 176 Å². The minimum Gasteiger partial charge on any atom is -0.398 e. The molecule has 0 aliphatic heterocycles. The van der Waals surface area contributed by atoms with Crippen LogP contribution in [0.1, 0.15) is 0 Å². The fourth-order valence-corrected chi connectivity index (χ4v) is 4.71. The fraction of sp³-hybridized carbons (Fsp3) is 0.273. The molecule has 0 atom stereocenters. The molecule has 0 fully saturated rings. The third-order valence-electron chi connectivity index (χ3n) is 4.82. The van der Waals surface area contributed by atoms with Crippen LogP contribution in [-0.2, 0) is 11.5 Å². The summed E-state index contributed by atoms with van der Waals surface area (Å²) in [6.07, 6.45) is 5.68. The molecule has 5 nitrogen and oxygen atoms in total. The van der Waals surface area contributed by atoms with E-state index in [1.165, 1.54) is 6.04 Å². The first-order valence-electron chi connectivity index (χ1n) is 9.73. The van der Waals surface area contributed by atoms with Crippen LogP contribution in [0.2, 0.25) is 25.7 Å². The van der Waals surface area contributed by atoms with Gasteiger partial charge in [-0.2, -0.15) is 0 Å². The molecule has 29 heavy (non-hydrogen) atoms. The lowest BCUT2D eigenvalue weighted by Gasteiger charge is -2.15. The van der Waals surface area contributed by atoms with Gasteiger partial charge in [-0.1, -0.05) is 31.8 Å². The zero-order valence-corrected chi connectivity index (χ0v) is 18.9. The maximum absolute atomic E-state index is 5.95. The number of benzene rings is 1. The van der Waals surface area contributed by atoms with Gasteiger partial charge >= 0.3 is 0 Å². The summed E-state index contributed by atoms with van der Waals surface area (Å²) in [6, 6.07) is 11.5. The van der Waals surface area contributed by atoms with Crippen molar-refractivity contribution < 1.29 is 4.74 Å². The SMILES string of the molecule is C[Si](C)(C)CCOCn1ccc2c(-c3cncc(-c4cc(N)cs4)n3)cccc21. The van der Waals surface area contributed by atoms with Gasteiger partial charge in [-0.3, -0.25) is 4.98 Å². The average molecular weight is 423 g/mol. The average Bonchev–Trinajstić information content (AvgIpc) is 3.31. The van der Waals surface area contributed by atoms with Crippen molar-refractivity contribution in [1.82, 2.24) is 14.5 Å². The number of ether oxygens (including phenoxy) is 1. The van der Waals surface area contributed by atoms with Crippen molar-refractivity contribution in [2.45, 2.75) is 32.4 Å². The summed E-state index contributed by atoms with van der Waals surface area (Å²) < 4.78 is 8.10. The quantitative estimate of drug-likeness (QED) is 0.305. The molecule has 0 radical (unpaired) electrons. The molecule has 3 aromatic heterocycles. The summed E-state index contributed by atoms with van der Waals surface area (Å²) in [4.78, 5) is 10.3. The van der Waals surface area contributed by atoms with Crippen LogP contribution in [0.3, 0.4) is 0 Å². The molecule has 0 aliphatic carbocycles. The van der Waals surface area contributed by atoms with Crippen molar-refractivity contribution in [3.8, 4) is 21.8 Å². The predicted molar refractivity (Wildman–Crippen MR) is 125 cm³/mol. The first kappa shape index (κ1) is 19.8. The molecule has 0 amide bonds. The Kier molecular flexibility index (Phi) is 5.53. The lowest BCUT2D eigenvalue weighted by atomic mass is 10.1. The van der Waals surface area contributed by atoms with E-state index in [4.69, 9.17) is 15.5 Å². The van der Waals surface area contributed by atoms with Crippen molar-refractivity contribution in [3.05, 3.63) is 54.3 Å². The summed E-state index contributed by atoms with van der Waals surface area (Å²) in [5.74, 6) is 0. The van der Waals surface area contributed by atoms with Gasteiger partial charge in [0.15, 0.2) is 0 Å². The topological polar surface area (TPSA) is 66.0 Å². The van der Waals surface area contributed by atoms with Gasteiger partial charge in [0.1, 0.15) is 6.73 Å². The van der Waals surface area contributed by atoms with Crippen molar-refractivity contribution in [1.29, 1.82) is 0 Å². The highest BCUT2D eigenvalue weighted by molar-refractivity contribution is 7.14. The summed E-state index contributed by atoms with van der Waals surface area (Å²) in [5, 5.41) is 3.07. The number of anilines is 1. The van der Waals surface area contributed by atoms with E-state index in [0.29, 0.717) is 6.73 Å². The van der Waals surface area contributed by atoms with Crippen LogP contribution in [0, 0.1) is 0 Å². The fourth-order valence-electron chi connectivity index (χ4n) is 3.20. The Bertz CT molecular complexity index is 1130. The molecule has 150 valence electrons. The van der Waals surface area contributed by atoms with Crippen LogP contribution in [0.25, 0.3) is 32.7 Å². The summed E-state index contributed by atoms with van der Waals surface area (Å²) in [5.41, 5.74) is 10.5. The van der Waals surface area contributed by atoms with E-state index >= 15 is 0 Å². The lowest BCUT2D eigenvalue weighted by Crippen LogP contribution is -2.21. The van der Waals surface area contributed by atoms with E-state index < -0.39 is 8.07 Å². The van der Waals surface area contributed by atoms with Crippen LogP contribution < -0.4 is 5.73 Å². The number of hydrogen-bond acceptors (Lipinski definition) is 5. The van der Waals surface area contributed by atoms with Crippen molar-refractivity contribution in [3.63, 3.8) is 0 Å². The van der Waals surface area contributed by atoms with E-state index in [2.05, 4.69) is 59.7 Å². The Morgan fingerprint density at radius 1 is 1.14 bits per heavy atom. The molecule has 0 unspecified atom stereocenters. The summed E-state index contributed by atoms with van der Waals surface area (Å²) in [7, 11) is -1.07. The van der Waals surface area contributed by atoms with Crippen molar-refractivity contribution in [2.75, 3.05) is 12.3 Å². The van der Waals surface area contributed by atoms with Crippen molar-refractivity contribution >= 4 is 36.0 Å². The van der Waals surface area contributed by atoms with Crippen LogP contribution in [0.5, 0.6) is 0 Å². The number of nitrogens with two attached hydrogens (primary N) is 1. The van der Waals surface area contributed by atoms with Gasteiger partial charge in [0, 0.05) is 42.9 Å². The molecular formula is C22H26N4OSSi. The molecular weight excluding hydrogens is 396 g/mol. The number of hydrogen-bond donors (Lipinski definition) is 1. The number of fused-ring (bicyclic) bond motifs is 1. The second kappa shape index (κ2) is 8.10. The van der Waals surface area contributed by atoms with Crippen molar-refractivity contribution in [2.24, 2.45) is 0 Å². The largest absolute Gasteiger partial charge is 0.398 e. The second-order valence-corrected chi connectivity index (χ2v) is 14.9. The molecule has 0 aliphatic rings. The number of nitrogen functional groups attached to an aromatic ring is 1. The molecule has 7 heteroatoms. The maximum atomic E-state index is 5.95. The highest BCUT2D eigenvalue weighted by Crippen LogP contribution is 2.31. The molecule has 1 aromatic carbocycles. The van der Waals surface area contributed by atoms with Gasteiger partial charge in [-0.05, 0) is 24.2 Å². The number of thiophene rings is 1. The van der Waals surface area contributed by atoms with Gasteiger partial charge in [0.25, 0.3) is 0 Å². The molecule has 2 N–H and O–H groups in total. The zero-order valence-electron chi connectivity index (χ0n) is 17.1. The highest BCUT2D eigenvalue weighted by atomic mass is 32.1. The molecule has 0 saturated carbocycles. The maximum Gasteiger partial charge on any atom is 0.122 e. The Morgan fingerprint density at radius 3 is 2.72 bits per heavy atom. The highest BCUT2D eigenvalue weighted by Gasteiger charge is 2.13. The van der Waals surface area contributed by atoms with E-state index in [1.54, 1.807) is 17.5 Å². The Balaban J connectivity index is 1.60. The Morgan fingerprint density at radius 2 is 1.97 bits per heavy atom. The molecule has 0 bridgehead atoms. The van der Waals surface area contributed by atoms with Crippen LogP contribution in [-0.4, -0.2) is 29.2 Å². The van der Waals surface area contributed by atoms with Gasteiger partial charge in [-0.15, -0.1) is 11.3 Å². The third kappa shape index (κ3) is 4.58. The first-order chi connectivity index (χ1) is 13.9. The van der Waals surface area contributed by atoms with Crippen LogP contribution in [0.15, 0.2) is 54.3 Å². The number of rotatable bonds is 7. The van der Waals surface area contributed by atoms with Crippen LogP contribution >= 0.6 is 11.3 Å². The number of aromatic nitrogens is 3. The van der Waals surface area contributed by atoms with E-state index in [-0.39, 0.29) is 0 Å². The summed E-state index contributed by atoms with van der Waals surface area (Å²) >= 11 is 1.58. The van der Waals surface area contributed by atoms with Gasteiger partial charge in [0.05, 0.1) is 34.2 Å². The van der Waals surface area contributed by atoms with Gasteiger partial charge in [0.2, 0.25) is 0 Å². The molecule has 4 aromatic rings.